The lowest BCUT2D eigenvalue weighted by atomic mass is 10.2. The van der Waals surface area contributed by atoms with Crippen LogP contribution in [0.5, 0.6) is 17.2 Å². The van der Waals surface area contributed by atoms with Crippen LogP contribution in [0.2, 0.25) is 5.02 Å². The maximum atomic E-state index is 12.9. The number of hydrogen-bond donors (Lipinski definition) is 3. The van der Waals surface area contributed by atoms with Crippen molar-refractivity contribution in [3.63, 3.8) is 0 Å². The molecule has 0 spiro atoms. The smallest absolute Gasteiger partial charge is 0.294 e. The first-order valence-corrected chi connectivity index (χ1v) is 11.8. The molecule has 2 aromatic carbocycles. The second-order valence-corrected chi connectivity index (χ2v) is 8.44. The second kappa shape index (κ2) is 11.6. The number of nitrogens with one attached hydrogen (secondary N) is 2. The third-order valence-electron chi connectivity index (χ3n) is 5.60. The van der Waals surface area contributed by atoms with Crippen molar-refractivity contribution >= 4 is 23.4 Å². The lowest BCUT2D eigenvalue weighted by molar-refractivity contribution is -0.134. The van der Waals surface area contributed by atoms with Gasteiger partial charge in [-0.1, -0.05) is 41.9 Å². The molecule has 3 aromatic rings. The van der Waals surface area contributed by atoms with E-state index in [4.69, 9.17) is 21.1 Å². The number of carbonyl (C=O) groups is 2. The van der Waals surface area contributed by atoms with E-state index in [2.05, 4.69) is 15.3 Å². The van der Waals surface area contributed by atoms with E-state index in [1.54, 1.807) is 36.4 Å². The number of para-hydroxylation sites is 2. The van der Waals surface area contributed by atoms with Gasteiger partial charge in [-0.3, -0.25) is 14.4 Å². The van der Waals surface area contributed by atoms with Gasteiger partial charge in [-0.05, 0) is 37.1 Å². The average Bonchev–Trinajstić information content (AvgIpc) is 3.38. The Balaban J connectivity index is 1.41. The molecule has 0 aliphatic carbocycles. The summed E-state index contributed by atoms with van der Waals surface area (Å²) >= 11 is 6.08. The standard InChI is InChI=1S/C25H25ClN4O6/c26-17-9-4-5-11-19(17)36-15-20(31)30-13-6-10-18(30)23-28-21(22(32)25(34)29-23)24(33)27-12-14-35-16-7-2-1-3-8-16/h1-5,7-9,11,18,32H,6,10,12-15H2,(H,27,33)(H,28,29,34)/t18-/m0/s1. The fraction of sp³-hybridized carbons (Fsp3) is 0.280. The normalized spacial score (nSPS) is 14.9. The summed E-state index contributed by atoms with van der Waals surface area (Å²) in [6.07, 6.45) is 1.20. The molecule has 0 saturated carbocycles. The third kappa shape index (κ3) is 5.95. The molecule has 0 unspecified atom stereocenters. The highest BCUT2D eigenvalue weighted by Gasteiger charge is 2.33. The molecule has 1 fully saturated rings. The lowest BCUT2D eigenvalue weighted by Crippen LogP contribution is -2.36. The highest BCUT2D eigenvalue weighted by Crippen LogP contribution is 2.31. The van der Waals surface area contributed by atoms with E-state index in [-0.39, 0.29) is 31.5 Å². The predicted molar refractivity (Wildman–Crippen MR) is 131 cm³/mol. The lowest BCUT2D eigenvalue weighted by Gasteiger charge is -2.24. The number of hydrogen-bond acceptors (Lipinski definition) is 7. The summed E-state index contributed by atoms with van der Waals surface area (Å²) in [4.78, 5) is 46.1. The molecule has 10 nitrogen and oxygen atoms in total. The molecular weight excluding hydrogens is 488 g/mol. The number of aromatic nitrogens is 2. The summed E-state index contributed by atoms with van der Waals surface area (Å²) in [5.41, 5.74) is -1.28. The SMILES string of the molecule is O=C(NCCOc1ccccc1)c1nc([C@@H]2CCCN2C(=O)COc2ccccc2Cl)[nH]c(=O)c1O. The van der Waals surface area contributed by atoms with Gasteiger partial charge in [0.05, 0.1) is 17.6 Å². The fourth-order valence-electron chi connectivity index (χ4n) is 3.87. The number of ether oxygens (including phenoxy) is 2. The van der Waals surface area contributed by atoms with Crippen LogP contribution in [-0.2, 0) is 4.79 Å². The van der Waals surface area contributed by atoms with Crippen LogP contribution in [0.3, 0.4) is 0 Å². The van der Waals surface area contributed by atoms with E-state index in [0.29, 0.717) is 35.9 Å². The van der Waals surface area contributed by atoms with Gasteiger partial charge in [0.2, 0.25) is 5.75 Å². The van der Waals surface area contributed by atoms with Crippen molar-refractivity contribution in [2.24, 2.45) is 0 Å². The molecular formula is C25H25ClN4O6. The Kier molecular flexibility index (Phi) is 8.06. The molecule has 1 aliphatic heterocycles. The zero-order chi connectivity index (χ0) is 25.5. The Bertz CT molecular complexity index is 1280. The maximum absolute atomic E-state index is 12.9. The number of amides is 2. The maximum Gasteiger partial charge on any atom is 0.294 e. The summed E-state index contributed by atoms with van der Waals surface area (Å²) in [5, 5.41) is 13.1. The van der Waals surface area contributed by atoms with Crippen LogP contribution in [0.25, 0.3) is 0 Å². The van der Waals surface area contributed by atoms with Gasteiger partial charge in [-0.25, -0.2) is 4.98 Å². The topological polar surface area (TPSA) is 134 Å². The summed E-state index contributed by atoms with van der Waals surface area (Å²) in [7, 11) is 0. The van der Waals surface area contributed by atoms with Crippen molar-refractivity contribution in [2.45, 2.75) is 18.9 Å². The summed E-state index contributed by atoms with van der Waals surface area (Å²) < 4.78 is 11.1. The molecule has 11 heteroatoms. The minimum absolute atomic E-state index is 0.118. The molecule has 2 amide bonds. The van der Waals surface area contributed by atoms with Gasteiger partial charge in [0.25, 0.3) is 17.4 Å². The minimum atomic E-state index is -0.864. The highest BCUT2D eigenvalue weighted by molar-refractivity contribution is 6.32. The van der Waals surface area contributed by atoms with Crippen molar-refractivity contribution in [3.8, 4) is 17.2 Å². The Labute approximate surface area is 211 Å². The molecule has 0 bridgehead atoms. The molecule has 188 valence electrons. The monoisotopic (exact) mass is 512 g/mol. The molecule has 1 aromatic heterocycles. The van der Waals surface area contributed by atoms with Crippen molar-refractivity contribution < 1.29 is 24.2 Å². The fourth-order valence-corrected chi connectivity index (χ4v) is 4.06. The molecule has 2 heterocycles. The van der Waals surface area contributed by atoms with Gasteiger partial charge < -0.3 is 29.8 Å². The largest absolute Gasteiger partial charge is 0.501 e. The van der Waals surface area contributed by atoms with Crippen LogP contribution >= 0.6 is 11.6 Å². The number of carbonyl (C=O) groups excluding carboxylic acids is 2. The van der Waals surface area contributed by atoms with Crippen LogP contribution in [0, 0.1) is 0 Å². The number of likely N-dealkylation sites (tertiary alicyclic amines) is 1. The van der Waals surface area contributed by atoms with Gasteiger partial charge in [0.1, 0.15) is 23.9 Å². The Morgan fingerprint density at radius 1 is 1.14 bits per heavy atom. The molecule has 4 rings (SSSR count). The van der Waals surface area contributed by atoms with Crippen LogP contribution < -0.4 is 20.3 Å². The number of aromatic hydroxyl groups is 1. The van der Waals surface area contributed by atoms with Crippen molar-refractivity contribution in [1.82, 2.24) is 20.2 Å². The van der Waals surface area contributed by atoms with E-state index >= 15 is 0 Å². The van der Waals surface area contributed by atoms with Gasteiger partial charge in [0.15, 0.2) is 12.3 Å². The summed E-state index contributed by atoms with van der Waals surface area (Å²) in [6.45, 7) is 0.489. The zero-order valence-corrected chi connectivity index (χ0v) is 20.0. The Morgan fingerprint density at radius 3 is 2.67 bits per heavy atom. The van der Waals surface area contributed by atoms with Gasteiger partial charge in [-0.15, -0.1) is 0 Å². The van der Waals surface area contributed by atoms with E-state index in [1.807, 2.05) is 18.2 Å². The third-order valence-corrected chi connectivity index (χ3v) is 5.92. The quantitative estimate of drug-likeness (QED) is 0.375. The predicted octanol–water partition coefficient (Wildman–Crippen LogP) is 2.68. The summed E-state index contributed by atoms with van der Waals surface area (Å²) in [5.74, 6) is -0.692. The van der Waals surface area contributed by atoms with Crippen molar-refractivity contribution in [1.29, 1.82) is 0 Å². The molecule has 1 atom stereocenters. The molecule has 1 aliphatic rings. The van der Waals surface area contributed by atoms with Gasteiger partial charge in [-0.2, -0.15) is 0 Å². The first-order valence-electron chi connectivity index (χ1n) is 11.4. The van der Waals surface area contributed by atoms with Gasteiger partial charge in [0, 0.05) is 6.54 Å². The van der Waals surface area contributed by atoms with Crippen LogP contribution in [-0.4, -0.2) is 58.1 Å². The molecule has 1 saturated heterocycles. The van der Waals surface area contributed by atoms with Crippen LogP contribution in [0.1, 0.15) is 35.2 Å². The average molecular weight is 513 g/mol. The van der Waals surface area contributed by atoms with Crippen LogP contribution in [0.4, 0.5) is 0 Å². The number of halogens is 1. The van der Waals surface area contributed by atoms with E-state index in [9.17, 15) is 19.5 Å². The second-order valence-electron chi connectivity index (χ2n) is 8.03. The highest BCUT2D eigenvalue weighted by atomic mass is 35.5. The van der Waals surface area contributed by atoms with E-state index < -0.39 is 29.0 Å². The zero-order valence-electron chi connectivity index (χ0n) is 19.3. The minimum Gasteiger partial charge on any atom is -0.501 e. The number of benzene rings is 2. The van der Waals surface area contributed by atoms with Crippen molar-refractivity contribution in [2.75, 3.05) is 26.3 Å². The van der Waals surface area contributed by atoms with Crippen molar-refractivity contribution in [3.05, 3.63) is 81.5 Å². The molecule has 0 radical (unpaired) electrons. The first kappa shape index (κ1) is 25.1. The van der Waals surface area contributed by atoms with Crippen LogP contribution in [0.15, 0.2) is 59.4 Å². The number of rotatable bonds is 9. The number of H-pyrrole nitrogens is 1. The Morgan fingerprint density at radius 2 is 1.89 bits per heavy atom. The first-order chi connectivity index (χ1) is 17.4. The van der Waals surface area contributed by atoms with E-state index in [0.717, 1.165) is 0 Å². The summed E-state index contributed by atoms with van der Waals surface area (Å²) in [6, 6.07) is 15.3. The number of aromatic amines is 1. The van der Waals surface area contributed by atoms with E-state index in [1.165, 1.54) is 4.90 Å². The van der Waals surface area contributed by atoms with Gasteiger partial charge >= 0.3 is 0 Å². The molecule has 3 N–H and O–H groups in total. The Hall–Kier alpha value is -4.05. The molecule has 36 heavy (non-hydrogen) atoms. The number of nitrogens with zero attached hydrogens (tertiary/aromatic N) is 2.